The minimum atomic E-state index is 0.491. The van der Waals surface area contributed by atoms with E-state index < -0.39 is 0 Å². The monoisotopic (exact) mass is 256 g/mol. The van der Waals surface area contributed by atoms with Crippen LogP contribution in [0.1, 0.15) is 24.0 Å². The van der Waals surface area contributed by atoms with Crippen LogP contribution >= 0.6 is 0 Å². The summed E-state index contributed by atoms with van der Waals surface area (Å²) in [5.74, 6) is 0. The molecule has 2 N–H and O–H groups in total. The quantitative estimate of drug-likeness (QED) is 0.866. The van der Waals surface area contributed by atoms with E-state index in [-0.39, 0.29) is 0 Å². The van der Waals surface area contributed by atoms with Crippen molar-refractivity contribution in [2.45, 2.75) is 25.4 Å². The molecule has 0 bridgehead atoms. The fraction of sp³-hybridized carbons (Fsp3) is 0.533. The normalized spacial score (nSPS) is 23.2. The number of nitrogens with zero attached hydrogens (tertiary/aromatic N) is 3. The molecule has 1 aromatic carbocycles. The minimum absolute atomic E-state index is 0.491. The van der Waals surface area contributed by atoms with E-state index in [0.29, 0.717) is 12.6 Å². The van der Waals surface area contributed by atoms with Gasteiger partial charge in [-0.3, -0.25) is 4.90 Å². The highest BCUT2D eigenvalue weighted by atomic mass is 15.3. The number of anilines is 1. The summed E-state index contributed by atoms with van der Waals surface area (Å²) in [7, 11) is 0. The second-order valence-corrected chi connectivity index (χ2v) is 5.45. The zero-order valence-electron chi connectivity index (χ0n) is 11.2. The highest BCUT2D eigenvalue weighted by Crippen LogP contribution is 2.28. The zero-order chi connectivity index (χ0) is 13.2. The molecule has 1 unspecified atom stereocenters. The van der Waals surface area contributed by atoms with Crippen LogP contribution in [-0.2, 0) is 6.54 Å². The van der Waals surface area contributed by atoms with Crippen LogP contribution in [0.15, 0.2) is 18.2 Å². The number of hydrogen-bond acceptors (Lipinski definition) is 4. The molecule has 2 saturated heterocycles. The number of benzene rings is 1. The Hall–Kier alpha value is -1.57. The van der Waals surface area contributed by atoms with Crippen LogP contribution in [0.3, 0.4) is 0 Å². The fourth-order valence-corrected chi connectivity index (χ4v) is 3.29. The molecule has 0 spiro atoms. The second-order valence-electron chi connectivity index (χ2n) is 5.45. The van der Waals surface area contributed by atoms with Gasteiger partial charge in [0.2, 0.25) is 0 Å². The molecule has 1 aromatic rings. The van der Waals surface area contributed by atoms with E-state index in [9.17, 15) is 5.26 Å². The number of nitriles is 1. The maximum Gasteiger partial charge on any atom is 0.101 e. The molecule has 0 aliphatic carbocycles. The predicted octanol–water partition coefficient (Wildman–Crippen LogP) is 1.30. The van der Waals surface area contributed by atoms with Gasteiger partial charge in [-0.1, -0.05) is 6.07 Å². The van der Waals surface area contributed by atoms with Crippen LogP contribution in [0.5, 0.6) is 0 Å². The van der Waals surface area contributed by atoms with Crippen molar-refractivity contribution in [3.8, 4) is 6.07 Å². The lowest BCUT2D eigenvalue weighted by atomic mass is 10.1. The van der Waals surface area contributed by atoms with E-state index in [2.05, 4.69) is 21.9 Å². The molecule has 0 saturated carbocycles. The topological polar surface area (TPSA) is 56.3 Å². The van der Waals surface area contributed by atoms with Crippen molar-refractivity contribution in [1.29, 1.82) is 5.26 Å². The molecule has 2 fully saturated rings. The van der Waals surface area contributed by atoms with Crippen molar-refractivity contribution in [3.05, 3.63) is 29.3 Å². The summed E-state index contributed by atoms with van der Waals surface area (Å²) in [6, 6.07) is 9.02. The first kappa shape index (κ1) is 12.5. The summed E-state index contributed by atoms with van der Waals surface area (Å²) in [6.07, 6.45) is 2.61. The Labute approximate surface area is 114 Å². The van der Waals surface area contributed by atoms with Gasteiger partial charge in [0.1, 0.15) is 6.07 Å². The Morgan fingerprint density at radius 3 is 3.00 bits per heavy atom. The van der Waals surface area contributed by atoms with Crippen molar-refractivity contribution in [1.82, 2.24) is 4.90 Å². The summed E-state index contributed by atoms with van der Waals surface area (Å²) in [6.45, 7) is 4.93. The first-order chi connectivity index (χ1) is 9.31. The molecular formula is C15H20N4. The van der Waals surface area contributed by atoms with Gasteiger partial charge in [0.15, 0.2) is 0 Å². The molecule has 1 atom stereocenters. The summed E-state index contributed by atoms with van der Waals surface area (Å²) in [5.41, 5.74) is 8.50. The first-order valence-electron chi connectivity index (χ1n) is 7.04. The maximum atomic E-state index is 9.33. The van der Waals surface area contributed by atoms with E-state index >= 15 is 0 Å². The Kier molecular flexibility index (Phi) is 3.41. The van der Waals surface area contributed by atoms with Gasteiger partial charge >= 0.3 is 0 Å². The lowest BCUT2D eigenvalue weighted by Gasteiger charge is -2.39. The number of piperazine rings is 1. The molecule has 0 amide bonds. The average molecular weight is 256 g/mol. The molecule has 4 heteroatoms. The standard InChI is InChI=1S/C15H20N4/c16-9-12-3-4-15(13(8-12)10-17)19-7-6-18-5-1-2-14(18)11-19/h3-4,8,14H,1-2,5-7,9,11,16H2. The number of rotatable bonds is 2. The third kappa shape index (κ3) is 2.32. The molecular weight excluding hydrogens is 236 g/mol. The molecule has 0 aromatic heterocycles. The van der Waals surface area contributed by atoms with Gasteiger partial charge in [-0.15, -0.1) is 0 Å². The van der Waals surface area contributed by atoms with Crippen molar-refractivity contribution >= 4 is 5.69 Å². The lowest BCUT2D eigenvalue weighted by molar-refractivity contribution is 0.231. The smallest absolute Gasteiger partial charge is 0.101 e. The molecule has 4 nitrogen and oxygen atoms in total. The van der Waals surface area contributed by atoms with Gasteiger partial charge in [0.25, 0.3) is 0 Å². The molecule has 19 heavy (non-hydrogen) atoms. The zero-order valence-corrected chi connectivity index (χ0v) is 11.2. The number of nitrogens with two attached hydrogens (primary N) is 1. The van der Waals surface area contributed by atoms with Gasteiger partial charge in [0, 0.05) is 32.2 Å². The van der Waals surface area contributed by atoms with E-state index in [4.69, 9.17) is 5.73 Å². The van der Waals surface area contributed by atoms with Gasteiger partial charge in [-0.2, -0.15) is 5.26 Å². The number of fused-ring (bicyclic) bond motifs is 1. The maximum absolute atomic E-state index is 9.33. The largest absolute Gasteiger partial charge is 0.368 e. The molecule has 2 aliphatic rings. The molecule has 2 aliphatic heterocycles. The molecule has 2 heterocycles. The third-order valence-corrected chi connectivity index (χ3v) is 4.35. The van der Waals surface area contributed by atoms with Crippen molar-refractivity contribution in [2.24, 2.45) is 5.73 Å². The minimum Gasteiger partial charge on any atom is -0.368 e. The average Bonchev–Trinajstić information content (AvgIpc) is 2.93. The van der Waals surface area contributed by atoms with Crippen molar-refractivity contribution in [3.63, 3.8) is 0 Å². The van der Waals surface area contributed by atoms with Crippen LogP contribution in [0, 0.1) is 11.3 Å². The van der Waals surface area contributed by atoms with Gasteiger partial charge in [-0.05, 0) is 37.1 Å². The van der Waals surface area contributed by atoms with Crippen molar-refractivity contribution in [2.75, 3.05) is 31.1 Å². The van der Waals surface area contributed by atoms with Gasteiger partial charge in [-0.25, -0.2) is 0 Å². The Morgan fingerprint density at radius 2 is 2.21 bits per heavy atom. The summed E-state index contributed by atoms with van der Waals surface area (Å²) < 4.78 is 0. The van der Waals surface area contributed by atoms with Gasteiger partial charge in [0.05, 0.1) is 11.3 Å². The van der Waals surface area contributed by atoms with Crippen molar-refractivity contribution < 1.29 is 0 Å². The first-order valence-corrected chi connectivity index (χ1v) is 7.04. The van der Waals surface area contributed by atoms with E-state index in [1.165, 1.54) is 19.4 Å². The third-order valence-electron chi connectivity index (χ3n) is 4.35. The Bertz CT molecular complexity index is 505. The lowest BCUT2D eigenvalue weighted by Crippen LogP contribution is -2.50. The van der Waals surface area contributed by atoms with Crippen LogP contribution in [0.4, 0.5) is 5.69 Å². The second kappa shape index (κ2) is 5.20. The Balaban J connectivity index is 1.84. The SMILES string of the molecule is N#Cc1cc(CN)ccc1N1CCN2CCCC2C1. The summed E-state index contributed by atoms with van der Waals surface area (Å²) >= 11 is 0. The van der Waals surface area contributed by atoms with Crippen LogP contribution in [0.25, 0.3) is 0 Å². The van der Waals surface area contributed by atoms with Crippen LogP contribution in [0.2, 0.25) is 0 Å². The fourth-order valence-electron chi connectivity index (χ4n) is 3.29. The van der Waals surface area contributed by atoms with Gasteiger partial charge < -0.3 is 10.6 Å². The molecule has 0 radical (unpaired) electrons. The van der Waals surface area contributed by atoms with E-state index in [1.54, 1.807) is 0 Å². The Morgan fingerprint density at radius 1 is 1.32 bits per heavy atom. The summed E-state index contributed by atoms with van der Waals surface area (Å²) in [5, 5.41) is 9.33. The molecule has 3 rings (SSSR count). The van der Waals surface area contributed by atoms with E-state index in [1.807, 2.05) is 12.1 Å². The van der Waals surface area contributed by atoms with Crippen LogP contribution in [-0.4, -0.2) is 37.1 Å². The molecule has 100 valence electrons. The number of hydrogen-bond donors (Lipinski definition) is 1. The highest BCUT2D eigenvalue weighted by molar-refractivity contribution is 5.61. The van der Waals surface area contributed by atoms with Crippen LogP contribution < -0.4 is 10.6 Å². The van der Waals surface area contributed by atoms with E-state index in [0.717, 1.165) is 36.4 Å². The predicted molar refractivity (Wildman–Crippen MR) is 75.9 cm³/mol. The summed E-state index contributed by atoms with van der Waals surface area (Å²) in [4.78, 5) is 4.95. The highest BCUT2D eigenvalue weighted by Gasteiger charge is 2.31.